The van der Waals surface area contributed by atoms with E-state index in [9.17, 15) is 5.11 Å². The van der Waals surface area contributed by atoms with Crippen molar-refractivity contribution in [2.45, 2.75) is 31.3 Å². The third-order valence-corrected chi connectivity index (χ3v) is 6.65. The molecule has 1 atom stereocenters. The third-order valence-electron chi connectivity index (χ3n) is 6.26. The molecule has 1 aliphatic carbocycles. The van der Waals surface area contributed by atoms with Gasteiger partial charge >= 0.3 is 0 Å². The predicted octanol–water partition coefficient (Wildman–Crippen LogP) is 5.09. The van der Waals surface area contributed by atoms with Crippen LogP contribution in [0.2, 0.25) is 0 Å². The van der Waals surface area contributed by atoms with Gasteiger partial charge in [-0.15, -0.1) is 0 Å². The van der Waals surface area contributed by atoms with Gasteiger partial charge in [-0.3, -0.25) is 4.57 Å². The van der Waals surface area contributed by atoms with E-state index in [0.717, 1.165) is 41.1 Å². The van der Waals surface area contributed by atoms with Gasteiger partial charge in [0, 0.05) is 29.1 Å². The number of aromatic nitrogens is 3. The number of benzene rings is 2. The predicted molar refractivity (Wildman–Crippen MR) is 115 cm³/mol. The number of ether oxygens (including phenoxy) is 1. The maximum atomic E-state index is 11.1. The Morgan fingerprint density at radius 2 is 1.83 bits per heavy atom. The Morgan fingerprint density at radius 1 is 1.07 bits per heavy atom. The van der Waals surface area contributed by atoms with Gasteiger partial charge in [0.25, 0.3) is 0 Å². The van der Waals surface area contributed by atoms with Gasteiger partial charge in [-0.1, -0.05) is 30.3 Å². The van der Waals surface area contributed by atoms with Crippen LogP contribution in [-0.2, 0) is 6.42 Å². The van der Waals surface area contributed by atoms with Crippen molar-refractivity contribution in [3.8, 4) is 11.6 Å². The van der Waals surface area contributed by atoms with Crippen LogP contribution in [-0.4, -0.2) is 26.3 Å². The van der Waals surface area contributed by atoms with Crippen molar-refractivity contribution < 1.29 is 9.84 Å². The number of para-hydroxylation sites is 1. The Hall–Kier alpha value is -2.99. The highest BCUT2D eigenvalue weighted by Crippen LogP contribution is 2.46. The van der Waals surface area contributed by atoms with Crippen molar-refractivity contribution in [2.24, 2.45) is 0 Å². The fourth-order valence-electron chi connectivity index (χ4n) is 4.70. The van der Waals surface area contributed by atoms with Crippen molar-refractivity contribution in [1.29, 1.82) is 0 Å². The normalized spacial score (nSPS) is 17.9. The highest BCUT2D eigenvalue weighted by molar-refractivity contribution is 7.71. The molecule has 0 bridgehead atoms. The number of fused-ring (bicyclic) bond motifs is 4. The van der Waals surface area contributed by atoms with Gasteiger partial charge in [0.15, 0.2) is 4.77 Å². The molecule has 3 heterocycles. The van der Waals surface area contributed by atoms with E-state index < -0.39 is 0 Å². The van der Waals surface area contributed by atoms with E-state index in [1.54, 1.807) is 7.11 Å². The van der Waals surface area contributed by atoms with Crippen molar-refractivity contribution in [3.05, 3.63) is 75.8 Å². The number of aromatic hydroxyl groups is 1. The summed E-state index contributed by atoms with van der Waals surface area (Å²) >= 11 is 5.88. The molecule has 1 fully saturated rings. The summed E-state index contributed by atoms with van der Waals surface area (Å²) in [5.74, 6) is 1.15. The third kappa shape index (κ3) is 2.35. The summed E-state index contributed by atoms with van der Waals surface area (Å²) in [5.41, 5.74) is 5.51. The van der Waals surface area contributed by atoms with Gasteiger partial charge in [-0.2, -0.15) is 0 Å². The Bertz CT molecular complexity index is 1310. The minimum absolute atomic E-state index is 0.106. The van der Waals surface area contributed by atoms with Gasteiger partial charge in [0.05, 0.1) is 12.8 Å². The smallest absolute Gasteiger partial charge is 0.214 e. The molecular formula is C23H21N3O2S. The van der Waals surface area contributed by atoms with Gasteiger partial charge in [-0.05, 0) is 54.4 Å². The minimum Gasteiger partial charge on any atom is -0.497 e. The summed E-state index contributed by atoms with van der Waals surface area (Å²) in [6, 6.07) is 16.7. The summed E-state index contributed by atoms with van der Waals surface area (Å²) in [4.78, 5) is 3.65. The minimum atomic E-state index is -0.106. The lowest BCUT2D eigenvalue weighted by Gasteiger charge is -2.26. The molecule has 5 nitrogen and oxygen atoms in total. The van der Waals surface area contributed by atoms with E-state index in [1.807, 2.05) is 22.8 Å². The number of rotatable bonds is 3. The molecule has 0 radical (unpaired) electrons. The van der Waals surface area contributed by atoms with E-state index >= 15 is 0 Å². The molecular weight excluding hydrogens is 382 g/mol. The number of nitrogens with one attached hydrogen (secondary N) is 1. The summed E-state index contributed by atoms with van der Waals surface area (Å²) in [5, 5.41) is 12.3. The molecule has 1 unspecified atom stereocenters. The lowest BCUT2D eigenvalue weighted by molar-refractivity contribution is 0.411. The van der Waals surface area contributed by atoms with Crippen molar-refractivity contribution in [1.82, 2.24) is 14.1 Å². The first-order valence-corrected chi connectivity index (χ1v) is 10.4. The Morgan fingerprint density at radius 3 is 2.55 bits per heavy atom. The second-order valence-corrected chi connectivity index (χ2v) is 8.30. The average Bonchev–Trinajstić information content (AvgIpc) is 3.46. The monoisotopic (exact) mass is 403 g/mol. The Labute approximate surface area is 173 Å². The first-order valence-electron chi connectivity index (χ1n) is 9.95. The van der Waals surface area contributed by atoms with Crippen LogP contribution in [0.3, 0.4) is 0 Å². The summed E-state index contributed by atoms with van der Waals surface area (Å²) < 4.78 is 10.1. The van der Waals surface area contributed by atoms with Crippen LogP contribution >= 0.6 is 12.2 Å². The second-order valence-electron chi connectivity index (χ2n) is 7.94. The van der Waals surface area contributed by atoms with E-state index in [0.29, 0.717) is 23.1 Å². The van der Waals surface area contributed by atoms with Crippen LogP contribution in [0.1, 0.15) is 47.4 Å². The molecule has 2 aromatic carbocycles. The molecule has 0 saturated heterocycles. The second kappa shape index (κ2) is 6.00. The molecule has 146 valence electrons. The molecule has 6 heteroatoms. The fourth-order valence-corrected chi connectivity index (χ4v) is 5.16. The standard InChI is InChI=1S/C23H21N3O2S/c1-28-15-10-6-13(7-11-15)21-20-17(16-4-2-3-5-18(16)24-20)12-19-22(27)25(14-8-9-14)23(29)26(19)21/h2-7,10-11,14,21,24,27H,8-9,12H2,1H3. The molecule has 0 spiro atoms. The zero-order chi connectivity index (χ0) is 19.7. The maximum Gasteiger partial charge on any atom is 0.214 e. The lowest BCUT2D eigenvalue weighted by Crippen LogP contribution is -2.21. The number of hydrogen-bond acceptors (Lipinski definition) is 3. The summed E-state index contributed by atoms with van der Waals surface area (Å²) in [6.45, 7) is 0. The maximum absolute atomic E-state index is 11.1. The molecule has 2 N–H and O–H groups in total. The fraction of sp³-hybridized carbons (Fsp3) is 0.261. The number of aromatic amines is 1. The summed E-state index contributed by atoms with van der Waals surface area (Å²) in [7, 11) is 1.67. The first kappa shape index (κ1) is 16.9. The van der Waals surface area contributed by atoms with E-state index in [-0.39, 0.29) is 6.04 Å². The topological polar surface area (TPSA) is 55.1 Å². The van der Waals surface area contributed by atoms with Gasteiger partial charge in [0.1, 0.15) is 11.8 Å². The quantitative estimate of drug-likeness (QED) is 0.413. The Balaban J connectivity index is 1.65. The number of H-pyrrole nitrogens is 1. The molecule has 0 amide bonds. The molecule has 1 saturated carbocycles. The zero-order valence-corrected chi connectivity index (χ0v) is 16.9. The van der Waals surface area contributed by atoms with Crippen molar-refractivity contribution >= 4 is 23.1 Å². The van der Waals surface area contributed by atoms with Gasteiger partial charge < -0.3 is 19.4 Å². The highest BCUT2D eigenvalue weighted by Gasteiger charge is 2.37. The lowest BCUT2D eigenvalue weighted by atomic mass is 9.93. The van der Waals surface area contributed by atoms with Crippen LogP contribution in [0.15, 0.2) is 48.5 Å². The van der Waals surface area contributed by atoms with Crippen LogP contribution in [0, 0.1) is 4.77 Å². The zero-order valence-electron chi connectivity index (χ0n) is 16.1. The molecule has 6 rings (SSSR count). The Kier molecular flexibility index (Phi) is 3.50. The largest absolute Gasteiger partial charge is 0.497 e. The number of hydrogen-bond donors (Lipinski definition) is 2. The van der Waals surface area contributed by atoms with E-state index in [1.165, 1.54) is 10.9 Å². The molecule has 2 aliphatic rings. The van der Waals surface area contributed by atoms with E-state index in [2.05, 4.69) is 39.9 Å². The number of imidazole rings is 1. The first-order chi connectivity index (χ1) is 14.2. The SMILES string of the molecule is COc1ccc(C2c3[nH]c4ccccc4c3Cc3c(O)n(C4CC4)c(=S)n32)cc1. The molecule has 1 aliphatic heterocycles. The van der Waals surface area contributed by atoms with E-state index in [4.69, 9.17) is 17.0 Å². The van der Waals surface area contributed by atoms with Crippen molar-refractivity contribution in [3.63, 3.8) is 0 Å². The number of nitrogens with zero attached hydrogens (tertiary/aromatic N) is 2. The van der Waals surface area contributed by atoms with Gasteiger partial charge in [0.2, 0.25) is 5.88 Å². The van der Waals surface area contributed by atoms with Crippen LogP contribution in [0.25, 0.3) is 10.9 Å². The molecule has 4 aromatic rings. The average molecular weight is 404 g/mol. The van der Waals surface area contributed by atoms with Crippen molar-refractivity contribution in [2.75, 3.05) is 7.11 Å². The summed E-state index contributed by atoms with van der Waals surface area (Å²) in [6.07, 6.45) is 2.82. The van der Waals surface area contributed by atoms with Crippen LogP contribution < -0.4 is 4.74 Å². The molecule has 29 heavy (non-hydrogen) atoms. The van der Waals surface area contributed by atoms with Crippen LogP contribution in [0.4, 0.5) is 0 Å². The number of methoxy groups -OCH3 is 1. The molecule has 2 aromatic heterocycles. The van der Waals surface area contributed by atoms with Gasteiger partial charge in [-0.25, -0.2) is 0 Å². The highest BCUT2D eigenvalue weighted by atomic mass is 32.1. The van der Waals surface area contributed by atoms with Crippen LogP contribution in [0.5, 0.6) is 11.6 Å².